The summed E-state index contributed by atoms with van der Waals surface area (Å²) in [7, 11) is 0. The van der Waals surface area contributed by atoms with E-state index >= 15 is 0 Å². The van der Waals surface area contributed by atoms with Gasteiger partial charge in [-0.15, -0.1) is 11.8 Å². The predicted molar refractivity (Wildman–Crippen MR) is 126 cm³/mol. The van der Waals surface area contributed by atoms with Gasteiger partial charge in [0.05, 0.1) is 11.3 Å². The molecule has 0 spiro atoms. The Kier molecular flexibility index (Phi) is 7.07. The quantitative estimate of drug-likeness (QED) is 0.415. The lowest BCUT2D eigenvalue weighted by Crippen LogP contribution is -2.31. The minimum absolute atomic E-state index is 0.655. The van der Waals surface area contributed by atoms with Gasteiger partial charge in [0, 0.05) is 28.4 Å². The Morgan fingerprint density at radius 1 is 0.967 bits per heavy atom. The smallest absolute Gasteiger partial charge is 0.115 e. The van der Waals surface area contributed by atoms with Crippen LogP contribution in [0.4, 0.5) is 0 Å². The maximum Gasteiger partial charge on any atom is 0.115 e. The molecule has 0 saturated carbocycles. The van der Waals surface area contributed by atoms with Crippen molar-refractivity contribution < 1.29 is 0 Å². The fraction of sp³-hybridized carbons (Fsp3) is 0.280. The van der Waals surface area contributed by atoms with E-state index in [1.807, 2.05) is 60.7 Å². The van der Waals surface area contributed by atoms with E-state index in [1.165, 1.54) is 32.4 Å². The molecule has 3 nitrogen and oxygen atoms in total. The summed E-state index contributed by atoms with van der Waals surface area (Å²) in [5, 5.41) is 11.5. The van der Waals surface area contributed by atoms with Crippen LogP contribution in [0, 0.1) is 11.3 Å². The summed E-state index contributed by atoms with van der Waals surface area (Å²) >= 11 is 7.76. The van der Waals surface area contributed by atoms with Crippen LogP contribution >= 0.6 is 23.4 Å². The molecule has 2 aromatic carbocycles. The lowest BCUT2D eigenvalue weighted by molar-refractivity contribution is 0.242. The third-order valence-electron chi connectivity index (χ3n) is 5.42. The highest BCUT2D eigenvalue weighted by Gasteiger charge is 2.17. The molecule has 0 radical (unpaired) electrons. The molecule has 0 unspecified atom stereocenters. The number of nitriles is 1. The maximum absolute atomic E-state index is 9.98. The van der Waals surface area contributed by atoms with Crippen molar-refractivity contribution in [2.75, 3.05) is 25.4 Å². The molecule has 1 aliphatic heterocycles. The second-order valence-corrected chi connectivity index (χ2v) is 8.99. The summed E-state index contributed by atoms with van der Waals surface area (Å²) in [4.78, 5) is 7.41. The zero-order valence-corrected chi connectivity index (χ0v) is 18.4. The van der Waals surface area contributed by atoms with Gasteiger partial charge < -0.3 is 4.90 Å². The van der Waals surface area contributed by atoms with Crippen molar-refractivity contribution >= 4 is 23.4 Å². The number of pyridine rings is 1. The van der Waals surface area contributed by atoms with Crippen molar-refractivity contribution in [3.63, 3.8) is 0 Å². The first-order chi connectivity index (χ1) is 14.7. The highest BCUT2D eigenvalue weighted by atomic mass is 35.5. The Labute approximate surface area is 187 Å². The Balaban J connectivity index is 1.68. The van der Waals surface area contributed by atoms with E-state index in [1.54, 1.807) is 11.8 Å². The number of hydrogen-bond donors (Lipinski definition) is 0. The SMILES string of the molecule is N#Cc1c(-c2ccccc2)cc(-c2ccc(Cl)cc2)nc1SCCN1CCCCC1. The molecule has 1 aromatic heterocycles. The Morgan fingerprint density at radius 2 is 1.70 bits per heavy atom. The van der Waals surface area contributed by atoms with E-state index in [2.05, 4.69) is 11.0 Å². The highest BCUT2D eigenvalue weighted by Crippen LogP contribution is 2.34. The molecule has 0 amide bonds. The van der Waals surface area contributed by atoms with Gasteiger partial charge in [0.1, 0.15) is 11.1 Å². The van der Waals surface area contributed by atoms with Crippen LogP contribution in [0.3, 0.4) is 0 Å². The average Bonchev–Trinajstić information content (AvgIpc) is 2.80. The summed E-state index contributed by atoms with van der Waals surface area (Å²) in [6.45, 7) is 3.39. The highest BCUT2D eigenvalue weighted by molar-refractivity contribution is 7.99. The van der Waals surface area contributed by atoms with Crippen molar-refractivity contribution in [3.8, 4) is 28.5 Å². The van der Waals surface area contributed by atoms with Crippen molar-refractivity contribution in [2.24, 2.45) is 0 Å². The molecule has 1 aliphatic rings. The molecule has 2 heterocycles. The Bertz CT molecular complexity index is 1020. The van der Waals surface area contributed by atoms with Crippen molar-refractivity contribution in [1.29, 1.82) is 5.26 Å². The number of hydrogen-bond acceptors (Lipinski definition) is 4. The van der Waals surface area contributed by atoms with Gasteiger partial charge in [-0.1, -0.05) is 60.5 Å². The molecular weight excluding hydrogens is 410 g/mol. The van der Waals surface area contributed by atoms with Crippen LogP contribution in [-0.4, -0.2) is 35.3 Å². The lowest BCUT2D eigenvalue weighted by Gasteiger charge is -2.26. The van der Waals surface area contributed by atoms with E-state index in [4.69, 9.17) is 16.6 Å². The molecule has 5 heteroatoms. The van der Waals surface area contributed by atoms with Crippen LogP contribution in [0.25, 0.3) is 22.4 Å². The average molecular weight is 434 g/mol. The van der Waals surface area contributed by atoms with Crippen LogP contribution in [0.15, 0.2) is 65.7 Å². The molecular formula is C25H24ClN3S. The Morgan fingerprint density at radius 3 is 2.40 bits per heavy atom. The lowest BCUT2D eigenvalue weighted by atomic mass is 9.99. The number of likely N-dealkylation sites (tertiary alicyclic amines) is 1. The summed E-state index contributed by atoms with van der Waals surface area (Å²) in [5.41, 5.74) is 4.48. The van der Waals surface area contributed by atoms with Crippen LogP contribution in [-0.2, 0) is 0 Å². The second-order valence-electron chi connectivity index (χ2n) is 7.47. The van der Waals surface area contributed by atoms with Crippen LogP contribution in [0.1, 0.15) is 24.8 Å². The molecule has 0 bridgehead atoms. The Hall–Kier alpha value is -2.32. The summed E-state index contributed by atoms with van der Waals surface area (Å²) in [6, 6.07) is 22.2. The predicted octanol–water partition coefficient (Wildman–Crippen LogP) is 6.52. The molecule has 1 saturated heterocycles. The third kappa shape index (κ3) is 5.05. The first kappa shape index (κ1) is 20.9. The van der Waals surface area contributed by atoms with Gasteiger partial charge in [-0.3, -0.25) is 0 Å². The second kappa shape index (κ2) is 10.1. The molecule has 3 aromatic rings. The maximum atomic E-state index is 9.98. The van der Waals surface area contributed by atoms with Gasteiger partial charge >= 0.3 is 0 Å². The van der Waals surface area contributed by atoms with Gasteiger partial charge in [-0.2, -0.15) is 5.26 Å². The minimum Gasteiger partial charge on any atom is -0.303 e. The minimum atomic E-state index is 0.655. The topological polar surface area (TPSA) is 39.9 Å². The number of halogens is 1. The van der Waals surface area contributed by atoms with E-state index < -0.39 is 0 Å². The summed E-state index contributed by atoms with van der Waals surface area (Å²) in [6.07, 6.45) is 3.92. The molecule has 0 N–H and O–H groups in total. The van der Waals surface area contributed by atoms with Gasteiger partial charge in [0.15, 0.2) is 0 Å². The number of piperidine rings is 1. The van der Waals surface area contributed by atoms with E-state index in [9.17, 15) is 5.26 Å². The van der Waals surface area contributed by atoms with Gasteiger partial charge in [-0.05, 0) is 49.7 Å². The van der Waals surface area contributed by atoms with E-state index in [0.717, 1.165) is 39.7 Å². The van der Waals surface area contributed by atoms with E-state index in [0.29, 0.717) is 10.6 Å². The monoisotopic (exact) mass is 433 g/mol. The van der Waals surface area contributed by atoms with Crippen molar-refractivity contribution in [2.45, 2.75) is 24.3 Å². The van der Waals surface area contributed by atoms with Gasteiger partial charge in [0.2, 0.25) is 0 Å². The fourth-order valence-corrected chi connectivity index (χ4v) is 4.93. The number of nitrogens with zero attached hydrogens (tertiary/aromatic N) is 3. The van der Waals surface area contributed by atoms with Crippen LogP contribution in [0.5, 0.6) is 0 Å². The standard InChI is InChI=1S/C25H24ClN3S/c26-21-11-9-20(10-12-21)24-17-22(19-7-3-1-4-8-19)23(18-27)25(28-24)30-16-15-29-13-5-2-6-14-29/h1,3-4,7-12,17H,2,5-6,13-16H2. The normalized spacial score (nSPS) is 14.4. The van der Waals surface area contributed by atoms with E-state index in [-0.39, 0.29) is 0 Å². The van der Waals surface area contributed by atoms with Gasteiger partial charge in [0.25, 0.3) is 0 Å². The largest absolute Gasteiger partial charge is 0.303 e. The number of thioether (sulfide) groups is 1. The molecule has 0 atom stereocenters. The molecule has 4 rings (SSSR count). The fourth-order valence-electron chi connectivity index (χ4n) is 3.80. The van der Waals surface area contributed by atoms with Crippen molar-refractivity contribution in [3.05, 3.63) is 71.2 Å². The van der Waals surface area contributed by atoms with Gasteiger partial charge in [-0.25, -0.2) is 4.98 Å². The number of rotatable bonds is 6. The zero-order chi connectivity index (χ0) is 20.8. The third-order valence-corrected chi connectivity index (χ3v) is 6.63. The molecule has 30 heavy (non-hydrogen) atoms. The molecule has 0 aliphatic carbocycles. The molecule has 1 fully saturated rings. The number of aromatic nitrogens is 1. The summed E-state index contributed by atoms with van der Waals surface area (Å²) in [5.74, 6) is 0.931. The first-order valence-electron chi connectivity index (χ1n) is 10.4. The van der Waals surface area contributed by atoms with Crippen molar-refractivity contribution in [1.82, 2.24) is 9.88 Å². The first-order valence-corrected chi connectivity index (χ1v) is 11.7. The van der Waals surface area contributed by atoms with Crippen LogP contribution in [0.2, 0.25) is 5.02 Å². The van der Waals surface area contributed by atoms with Crippen LogP contribution < -0.4 is 0 Å². The molecule has 152 valence electrons. The zero-order valence-electron chi connectivity index (χ0n) is 16.9. The number of benzene rings is 2. The summed E-state index contributed by atoms with van der Waals surface area (Å²) < 4.78 is 0.